The van der Waals surface area contributed by atoms with Gasteiger partial charge in [0.2, 0.25) is 0 Å². The van der Waals surface area contributed by atoms with Crippen LogP contribution in [0.3, 0.4) is 0 Å². The van der Waals surface area contributed by atoms with Gasteiger partial charge < -0.3 is 5.32 Å². The van der Waals surface area contributed by atoms with E-state index in [1.807, 2.05) is 0 Å². The molecule has 0 saturated carbocycles. The Hall–Kier alpha value is -2.22. The van der Waals surface area contributed by atoms with E-state index in [4.69, 9.17) is 5.26 Å². The van der Waals surface area contributed by atoms with Crippen molar-refractivity contribution in [3.8, 4) is 6.07 Å². The lowest BCUT2D eigenvalue weighted by molar-refractivity contribution is -0.122. The van der Waals surface area contributed by atoms with Gasteiger partial charge in [0.15, 0.2) is 5.78 Å². The number of hydrogen-bond donors (Lipinski definition) is 1. The summed E-state index contributed by atoms with van der Waals surface area (Å²) >= 11 is 0. The molecule has 0 spiro atoms. The number of nitrogens with zero attached hydrogens (tertiary/aromatic N) is 1. The molecule has 0 radical (unpaired) electrons. The molecule has 0 saturated heterocycles. The Kier molecular flexibility index (Phi) is 4.38. The van der Waals surface area contributed by atoms with Crippen molar-refractivity contribution in [2.45, 2.75) is 20.8 Å². The summed E-state index contributed by atoms with van der Waals surface area (Å²) in [5, 5.41) is 11.4. The molecule has 5 heteroatoms. The van der Waals surface area contributed by atoms with Crippen molar-refractivity contribution in [2.24, 2.45) is 5.41 Å². The average molecular weight is 264 g/mol. The zero-order valence-electron chi connectivity index (χ0n) is 10.9. The van der Waals surface area contributed by atoms with Gasteiger partial charge in [-0.1, -0.05) is 20.8 Å². The van der Waals surface area contributed by atoms with Crippen molar-refractivity contribution in [3.05, 3.63) is 41.6 Å². The van der Waals surface area contributed by atoms with Crippen LogP contribution in [0.5, 0.6) is 0 Å². The van der Waals surface area contributed by atoms with E-state index in [9.17, 15) is 13.6 Å². The number of nitrogens with one attached hydrogen (secondary N) is 1. The van der Waals surface area contributed by atoms with Crippen LogP contribution in [0.1, 0.15) is 20.8 Å². The number of ketones is 1. The van der Waals surface area contributed by atoms with Crippen LogP contribution >= 0.6 is 0 Å². The molecule has 1 rings (SSSR count). The third kappa shape index (κ3) is 3.88. The zero-order valence-corrected chi connectivity index (χ0v) is 10.9. The predicted molar refractivity (Wildman–Crippen MR) is 68.1 cm³/mol. The molecule has 1 aromatic carbocycles. The van der Waals surface area contributed by atoms with Gasteiger partial charge in [-0.2, -0.15) is 5.26 Å². The summed E-state index contributed by atoms with van der Waals surface area (Å²) in [4.78, 5) is 11.9. The van der Waals surface area contributed by atoms with Crippen LogP contribution in [0.2, 0.25) is 0 Å². The van der Waals surface area contributed by atoms with Gasteiger partial charge in [-0.15, -0.1) is 0 Å². The van der Waals surface area contributed by atoms with Gasteiger partial charge in [0, 0.05) is 17.7 Å². The summed E-state index contributed by atoms with van der Waals surface area (Å²) in [6.07, 6.45) is 1.13. The standard InChI is InChI=1S/C14H14F2N2O/c1-14(2,3)13(19)9(7-17)8-18-12-5-4-10(15)6-11(12)16/h4-6,8,18H,1-3H3/b9-8+. The second kappa shape index (κ2) is 5.61. The number of carbonyl (C=O) groups excluding carboxylic acids is 1. The molecule has 3 nitrogen and oxygen atoms in total. The van der Waals surface area contributed by atoms with E-state index in [0.717, 1.165) is 12.3 Å². The first-order valence-corrected chi connectivity index (χ1v) is 5.62. The highest BCUT2D eigenvalue weighted by molar-refractivity contribution is 6.02. The number of benzene rings is 1. The molecular formula is C14H14F2N2O. The van der Waals surface area contributed by atoms with Crippen LogP contribution in [0.25, 0.3) is 0 Å². The van der Waals surface area contributed by atoms with Gasteiger partial charge in [-0.05, 0) is 12.1 Å². The van der Waals surface area contributed by atoms with E-state index < -0.39 is 17.0 Å². The Morgan fingerprint density at radius 1 is 1.37 bits per heavy atom. The lowest BCUT2D eigenvalue weighted by Gasteiger charge is -2.15. The molecule has 0 atom stereocenters. The summed E-state index contributed by atoms with van der Waals surface area (Å²) in [6, 6.07) is 4.75. The molecule has 0 heterocycles. The van der Waals surface area contributed by atoms with E-state index in [1.54, 1.807) is 26.8 Å². The average Bonchev–Trinajstić information content (AvgIpc) is 2.30. The van der Waals surface area contributed by atoms with Crippen molar-refractivity contribution in [1.29, 1.82) is 5.26 Å². The third-order valence-corrected chi connectivity index (χ3v) is 2.35. The number of anilines is 1. The van der Waals surface area contributed by atoms with Crippen molar-refractivity contribution in [2.75, 3.05) is 5.32 Å². The molecule has 0 aliphatic rings. The molecule has 0 unspecified atom stereocenters. The number of Topliss-reactive ketones (excluding diaryl/α,β-unsaturated/α-hetero) is 1. The maximum atomic E-state index is 13.3. The van der Waals surface area contributed by atoms with Crippen molar-refractivity contribution >= 4 is 11.5 Å². The molecule has 1 N–H and O–H groups in total. The summed E-state index contributed by atoms with van der Waals surface area (Å²) < 4.78 is 26.0. The monoisotopic (exact) mass is 264 g/mol. The number of allylic oxidation sites excluding steroid dienone is 1. The minimum absolute atomic E-state index is 0.00383. The van der Waals surface area contributed by atoms with Gasteiger partial charge in [0.1, 0.15) is 23.3 Å². The van der Waals surface area contributed by atoms with E-state index in [1.165, 1.54) is 6.07 Å². The van der Waals surface area contributed by atoms with Crippen molar-refractivity contribution in [3.63, 3.8) is 0 Å². The molecule has 0 aliphatic heterocycles. The van der Waals surface area contributed by atoms with E-state index >= 15 is 0 Å². The first-order valence-electron chi connectivity index (χ1n) is 5.62. The number of hydrogen-bond acceptors (Lipinski definition) is 3. The van der Waals surface area contributed by atoms with Crippen LogP contribution < -0.4 is 5.32 Å². The smallest absolute Gasteiger partial charge is 0.180 e. The molecule has 0 aromatic heterocycles. The van der Waals surface area contributed by atoms with Crippen molar-refractivity contribution in [1.82, 2.24) is 0 Å². The molecule has 0 aliphatic carbocycles. The van der Waals surface area contributed by atoms with Crippen LogP contribution in [0.15, 0.2) is 30.0 Å². The largest absolute Gasteiger partial charge is 0.358 e. The fourth-order valence-electron chi connectivity index (χ4n) is 1.31. The molecule has 19 heavy (non-hydrogen) atoms. The summed E-state index contributed by atoms with van der Waals surface area (Å²) in [5.74, 6) is -1.85. The Morgan fingerprint density at radius 2 is 2.00 bits per heavy atom. The summed E-state index contributed by atoms with van der Waals surface area (Å²) in [5.41, 5.74) is -0.822. The van der Waals surface area contributed by atoms with Crippen LogP contribution in [-0.4, -0.2) is 5.78 Å². The highest BCUT2D eigenvalue weighted by Gasteiger charge is 2.25. The fraction of sp³-hybridized carbons (Fsp3) is 0.286. The van der Waals surface area contributed by atoms with Gasteiger partial charge in [0.25, 0.3) is 0 Å². The Labute approximate surface area is 110 Å². The summed E-state index contributed by atoms with van der Waals surface area (Å²) in [7, 11) is 0. The van der Waals surface area contributed by atoms with Crippen LogP contribution in [0.4, 0.5) is 14.5 Å². The van der Waals surface area contributed by atoms with Crippen molar-refractivity contribution < 1.29 is 13.6 Å². The van der Waals surface area contributed by atoms with E-state index in [-0.39, 0.29) is 17.0 Å². The van der Waals surface area contributed by atoms with E-state index in [0.29, 0.717) is 6.07 Å². The second-order valence-electron chi connectivity index (χ2n) is 5.02. The molecule has 0 bridgehead atoms. The number of carbonyl (C=O) groups is 1. The Balaban J connectivity index is 2.96. The first-order chi connectivity index (χ1) is 8.75. The number of nitriles is 1. The van der Waals surface area contributed by atoms with E-state index in [2.05, 4.69) is 5.32 Å². The minimum Gasteiger partial charge on any atom is -0.358 e. The fourth-order valence-corrected chi connectivity index (χ4v) is 1.31. The topological polar surface area (TPSA) is 52.9 Å². The van der Waals surface area contributed by atoms with Gasteiger partial charge in [-0.3, -0.25) is 4.79 Å². The highest BCUT2D eigenvalue weighted by atomic mass is 19.1. The predicted octanol–water partition coefficient (Wildman–Crippen LogP) is 3.40. The molecule has 0 amide bonds. The van der Waals surface area contributed by atoms with Gasteiger partial charge in [-0.25, -0.2) is 8.78 Å². The minimum atomic E-state index is -0.795. The molecule has 1 aromatic rings. The van der Waals surface area contributed by atoms with Gasteiger partial charge in [0.05, 0.1) is 5.69 Å². The Morgan fingerprint density at radius 3 is 2.47 bits per heavy atom. The van der Waals surface area contributed by atoms with Gasteiger partial charge >= 0.3 is 0 Å². The lowest BCUT2D eigenvalue weighted by Crippen LogP contribution is -2.22. The third-order valence-electron chi connectivity index (χ3n) is 2.35. The highest BCUT2D eigenvalue weighted by Crippen LogP contribution is 2.20. The molecular weight excluding hydrogens is 250 g/mol. The lowest BCUT2D eigenvalue weighted by atomic mass is 9.87. The Bertz CT molecular complexity index is 566. The number of halogens is 2. The second-order valence-corrected chi connectivity index (χ2v) is 5.02. The zero-order chi connectivity index (χ0) is 14.6. The quantitative estimate of drug-likeness (QED) is 0.672. The maximum absolute atomic E-state index is 13.3. The SMILES string of the molecule is CC(C)(C)C(=O)/C(C#N)=C/Nc1ccc(F)cc1F. The maximum Gasteiger partial charge on any atom is 0.180 e. The summed E-state index contributed by atoms with van der Waals surface area (Å²) in [6.45, 7) is 5.04. The molecule has 100 valence electrons. The normalized spacial score (nSPS) is 11.9. The first kappa shape index (κ1) is 14.8. The number of rotatable bonds is 3. The van der Waals surface area contributed by atoms with Crippen LogP contribution in [0, 0.1) is 28.4 Å². The molecule has 0 fully saturated rings. The van der Waals surface area contributed by atoms with Crippen LogP contribution in [-0.2, 0) is 4.79 Å².